The smallest absolute Gasteiger partial charge is 0.508 e. The van der Waals surface area contributed by atoms with Crippen LogP contribution >= 0.6 is 0 Å². The summed E-state index contributed by atoms with van der Waals surface area (Å²) in [5, 5.41) is 10.0. The number of carbonyl (C=O) groups excluding carboxylic acids is 1. The summed E-state index contributed by atoms with van der Waals surface area (Å²) in [5.41, 5.74) is 0.584. The molecule has 4 nitrogen and oxygen atoms in total. The number of aromatic hydroxyl groups is 1. The van der Waals surface area contributed by atoms with Crippen LogP contribution in [0.5, 0.6) is 11.5 Å². The summed E-state index contributed by atoms with van der Waals surface area (Å²) in [5.74, 6) is -1.45. The predicted octanol–water partition coefficient (Wildman–Crippen LogP) is 4.45. The maximum atomic E-state index is 12.9. The highest BCUT2D eigenvalue weighted by Crippen LogP contribution is 2.41. The van der Waals surface area contributed by atoms with Crippen LogP contribution in [-0.2, 0) is 16.0 Å². The van der Waals surface area contributed by atoms with E-state index in [-0.39, 0.29) is 36.3 Å². The molecule has 0 heterocycles. The van der Waals surface area contributed by atoms with Gasteiger partial charge in [0.05, 0.1) is 6.61 Å². The quantitative estimate of drug-likeness (QED) is 0.779. The first-order valence-corrected chi connectivity index (χ1v) is 7.63. The summed E-state index contributed by atoms with van der Waals surface area (Å²) in [7, 11) is 0. The number of phenols is 1. The zero-order valence-corrected chi connectivity index (χ0v) is 13.5. The normalized spacial score (nSPS) is 11.2. The van der Waals surface area contributed by atoms with E-state index >= 15 is 0 Å². The third-order valence-corrected chi connectivity index (χ3v) is 3.42. The number of hydrogen-bond acceptors (Lipinski definition) is 4. The highest BCUT2D eigenvalue weighted by atomic mass is 19.4. The first-order valence-electron chi connectivity index (χ1n) is 7.63. The van der Waals surface area contributed by atoms with Crippen molar-refractivity contribution in [1.82, 2.24) is 0 Å². The second kappa shape index (κ2) is 7.92. The molecule has 0 atom stereocenters. The lowest BCUT2D eigenvalue weighted by Gasteiger charge is -2.18. The summed E-state index contributed by atoms with van der Waals surface area (Å²) in [6.45, 7) is 1.80. The van der Waals surface area contributed by atoms with Gasteiger partial charge in [0.25, 0.3) is 0 Å². The number of carbonyl (C=O) groups is 1. The molecule has 134 valence electrons. The van der Waals surface area contributed by atoms with Crippen LogP contribution in [0.3, 0.4) is 0 Å². The predicted molar refractivity (Wildman–Crippen MR) is 85.2 cm³/mol. The molecule has 2 rings (SSSR count). The molecular formula is C18H17F3O4. The lowest BCUT2D eigenvalue weighted by molar-refractivity contribution is -0.274. The molecule has 0 spiro atoms. The molecule has 0 saturated heterocycles. The molecule has 25 heavy (non-hydrogen) atoms. The van der Waals surface area contributed by atoms with Gasteiger partial charge in [0, 0.05) is 17.5 Å². The van der Waals surface area contributed by atoms with E-state index in [1.54, 1.807) is 37.3 Å². The van der Waals surface area contributed by atoms with Crippen LogP contribution in [0, 0.1) is 0 Å². The Kier molecular flexibility index (Phi) is 5.90. The van der Waals surface area contributed by atoms with Crippen LogP contribution in [0.4, 0.5) is 13.2 Å². The lowest BCUT2D eigenvalue weighted by Crippen LogP contribution is -2.19. The Bertz CT molecular complexity index is 727. The molecule has 2 aromatic rings. The van der Waals surface area contributed by atoms with E-state index < -0.39 is 18.1 Å². The molecule has 0 bridgehead atoms. The van der Waals surface area contributed by atoms with Crippen LogP contribution < -0.4 is 4.74 Å². The van der Waals surface area contributed by atoms with Gasteiger partial charge in [0.1, 0.15) is 11.5 Å². The SMILES string of the molecule is CCOC(=O)CCc1c(O)ccc(-c2ccccc2)c1OC(F)(F)F. The summed E-state index contributed by atoms with van der Waals surface area (Å²) in [6, 6.07) is 11.0. The van der Waals surface area contributed by atoms with Crippen molar-refractivity contribution in [2.45, 2.75) is 26.1 Å². The summed E-state index contributed by atoms with van der Waals surface area (Å²) >= 11 is 0. The number of esters is 1. The first kappa shape index (κ1) is 18.6. The van der Waals surface area contributed by atoms with Crippen molar-refractivity contribution in [3.8, 4) is 22.6 Å². The number of alkyl halides is 3. The van der Waals surface area contributed by atoms with Crippen molar-refractivity contribution in [2.24, 2.45) is 0 Å². The zero-order chi connectivity index (χ0) is 18.4. The van der Waals surface area contributed by atoms with E-state index in [9.17, 15) is 23.1 Å². The maximum Gasteiger partial charge on any atom is 0.573 e. The van der Waals surface area contributed by atoms with Gasteiger partial charge < -0.3 is 14.6 Å². The van der Waals surface area contributed by atoms with Crippen molar-refractivity contribution < 1.29 is 32.5 Å². The number of hydrogen-bond donors (Lipinski definition) is 1. The fourth-order valence-corrected chi connectivity index (χ4v) is 2.40. The topological polar surface area (TPSA) is 55.8 Å². The van der Waals surface area contributed by atoms with Crippen LogP contribution in [0.15, 0.2) is 42.5 Å². The Morgan fingerprint density at radius 2 is 1.80 bits per heavy atom. The number of halogens is 3. The van der Waals surface area contributed by atoms with Crippen molar-refractivity contribution in [3.63, 3.8) is 0 Å². The number of phenolic OH excluding ortho intramolecular Hbond substituents is 1. The standard InChI is InChI=1S/C18H17F3O4/c1-2-24-16(23)11-9-14-15(22)10-8-13(12-6-4-3-5-7-12)17(14)25-18(19,20)21/h3-8,10,22H,2,9,11H2,1H3. The van der Waals surface area contributed by atoms with E-state index in [0.717, 1.165) is 0 Å². The third kappa shape index (κ3) is 5.14. The summed E-state index contributed by atoms with van der Waals surface area (Å²) in [4.78, 5) is 11.5. The van der Waals surface area contributed by atoms with Crippen LogP contribution in [-0.4, -0.2) is 24.0 Å². The summed E-state index contributed by atoms with van der Waals surface area (Å²) in [6.07, 6.45) is -5.25. The maximum absolute atomic E-state index is 12.9. The zero-order valence-electron chi connectivity index (χ0n) is 13.5. The molecule has 0 saturated carbocycles. The van der Waals surface area contributed by atoms with Crippen LogP contribution in [0.1, 0.15) is 18.9 Å². The third-order valence-electron chi connectivity index (χ3n) is 3.42. The molecule has 1 N–H and O–H groups in total. The van der Waals surface area contributed by atoms with Crippen molar-refractivity contribution >= 4 is 5.97 Å². The number of ether oxygens (including phenoxy) is 2. The molecule has 0 unspecified atom stereocenters. The fourth-order valence-electron chi connectivity index (χ4n) is 2.40. The summed E-state index contributed by atoms with van der Waals surface area (Å²) < 4.78 is 47.6. The largest absolute Gasteiger partial charge is 0.573 e. The molecule has 7 heteroatoms. The average molecular weight is 354 g/mol. The van der Waals surface area contributed by atoms with Gasteiger partial charge in [-0.2, -0.15) is 0 Å². The fraction of sp³-hybridized carbons (Fsp3) is 0.278. The minimum absolute atomic E-state index is 0.0910. The monoisotopic (exact) mass is 354 g/mol. The Morgan fingerprint density at radius 1 is 1.12 bits per heavy atom. The lowest BCUT2D eigenvalue weighted by atomic mass is 9.98. The second-order valence-corrected chi connectivity index (χ2v) is 5.16. The molecule has 0 amide bonds. The Hall–Kier alpha value is -2.70. The van der Waals surface area contributed by atoms with Crippen molar-refractivity contribution in [1.29, 1.82) is 0 Å². The molecular weight excluding hydrogens is 337 g/mol. The van der Waals surface area contributed by atoms with Gasteiger partial charge in [-0.3, -0.25) is 4.79 Å². The van der Waals surface area contributed by atoms with Crippen molar-refractivity contribution in [3.05, 3.63) is 48.0 Å². The van der Waals surface area contributed by atoms with E-state index in [4.69, 9.17) is 4.74 Å². The molecule has 0 aromatic heterocycles. The molecule has 0 aliphatic carbocycles. The number of rotatable bonds is 6. The van der Waals surface area contributed by atoms with E-state index in [1.807, 2.05) is 0 Å². The van der Waals surface area contributed by atoms with Crippen molar-refractivity contribution in [2.75, 3.05) is 6.61 Å². The van der Waals surface area contributed by atoms with E-state index in [1.165, 1.54) is 12.1 Å². The van der Waals surface area contributed by atoms with Crippen LogP contribution in [0.25, 0.3) is 11.1 Å². The van der Waals surface area contributed by atoms with Gasteiger partial charge in [-0.25, -0.2) is 0 Å². The first-order chi connectivity index (χ1) is 11.8. The number of benzene rings is 2. The average Bonchev–Trinajstić information content (AvgIpc) is 2.54. The van der Waals surface area contributed by atoms with Gasteiger partial charge in [-0.1, -0.05) is 30.3 Å². The minimum Gasteiger partial charge on any atom is -0.508 e. The second-order valence-electron chi connectivity index (χ2n) is 5.16. The molecule has 0 aliphatic rings. The van der Waals surface area contributed by atoms with Gasteiger partial charge in [0.15, 0.2) is 0 Å². The van der Waals surface area contributed by atoms with Gasteiger partial charge >= 0.3 is 12.3 Å². The molecule has 0 aliphatic heterocycles. The Morgan fingerprint density at radius 3 is 2.40 bits per heavy atom. The molecule has 2 aromatic carbocycles. The van der Waals surface area contributed by atoms with Gasteiger partial charge in [-0.15, -0.1) is 13.2 Å². The Balaban J connectivity index is 2.47. The van der Waals surface area contributed by atoms with Gasteiger partial charge in [-0.05, 0) is 31.0 Å². The highest BCUT2D eigenvalue weighted by molar-refractivity contribution is 5.75. The minimum atomic E-state index is -4.93. The molecule has 0 radical (unpaired) electrons. The van der Waals surface area contributed by atoms with E-state index in [2.05, 4.69) is 4.74 Å². The van der Waals surface area contributed by atoms with E-state index in [0.29, 0.717) is 5.56 Å². The molecule has 0 fully saturated rings. The van der Waals surface area contributed by atoms with Crippen LogP contribution in [0.2, 0.25) is 0 Å². The highest BCUT2D eigenvalue weighted by Gasteiger charge is 2.34. The Labute approximate surface area is 142 Å². The van der Waals surface area contributed by atoms with Gasteiger partial charge in [0.2, 0.25) is 0 Å².